The van der Waals surface area contributed by atoms with Gasteiger partial charge in [-0.3, -0.25) is 4.68 Å². The van der Waals surface area contributed by atoms with Crippen LogP contribution in [0.15, 0.2) is 6.20 Å². The predicted molar refractivity (Wildman–Crippen MR) is 63.6 cm³/mol. The molecule has 0 radical (unpaired) electrons. The summed E-state index contributed by atoms with van der Waals surface area (Å²) in [5, 5.41) is 10.6. The number of carbonyl (C=O) groups excluding carboxylic acids is 1. The van der Waals surface area contributed by atoms with Gasteiger partial charge in [0.1, 0.15) is 5.60 Å². The Labute approximate surface area is 101 Å². The van der Waals surface area contributed by atoms with Gasteiger partial charge < -0.3 is 10.1 Å². The highest BCUT2D eigenvalue weighted by Gasteiger charge is 2.15. The van der Waals surface area contributed by atoms with Crippen molar-refractivity contribution in [2.45, 2.75) is 46.3 Å². The van der Waals surface area contributed by atoms with E-state index in [0.717, 1.165) is 12.1 Å². The number of carbonyl (C=O) groups is 1. The lowest BCUT2D eigenvalue weighted by atomic mass is 10.2. The molecule has 1 N–H and O–H groups in total. The lowest BCUT2D eigenvalue weighted by Gasteiger charge is -2.19. The molecule has 0 bridgehead atoms. The number of nitrogens with one attached hydrogen (secondary N) is 1. The van der Waals surface area contributed by atoms with Gasteiger partial charge in [0.15, 0.2) is 0 Å². The largest absolute Gasteiger partial charge is 0.444 e. The molecule has 0 aliphatic heterocycles. The first-order chi connectivity index (χ1) is 7.90. The molecule has 1 amide bonds. The first kappa shape index (κ1) is 13.5. The number of alkyl carbamates (subject to hydrolysis) is 1. The molecule has 6 nitrogen and oxygen atoms in total. The zero-order valence-corrected chi connectivity index (χ0v) is 10.9. The van der Waals surface area contributed by atoms with Crippen LogP contribution in [0, 0.1) is 0 Å². The standard InChI is InChI=1S/C11H20N4O2/c1-5-9-8-15(14-13-9)7-6-12-10(16)17-11(2,3)4/h8H,5-7H2,1-4H3,(H,12,16). The van der Waals surface area contributed by atoms with E-state index in [1.165, 1.54) is 0 Å². The van der Waals surface area contributed by atoms with Crippen LogP contribution < -0.4 is 5.32 Å². The first-order valence-corrected chi connectivity index (χ1v) is 5.76. The zero-order valence-electron chi connectivity index (χ0n) is 10.9. The maximum atomic E-state index is 11.3. The molecule has 0 saturated heterocycles. The summed E-state index contributed by atoms with van der Waals surface area (Å²) in [4.78, 5) is 11.3. The molecule has 96 valence electrons. The highest BCUT2D eigenvalue weighted by atomic mass is 16.6. The van der Waals surface area contributed by atoms with Crippen molar-refractivity contribution in [1.82, 2.24) is 20.3 Å². The molecule has 0 unspecified atom stereocenters. The Kier molecular flexibility index (Phi) is 4.48. The van der Waals surface area contributed by atoms with Crippen LogP contribution in [0.3, 0.4) is 0 Å². The fraction of sp³-hybridized carbons (Fsp3) is 0.727. The highest BCUT2D eigenvalue weighted by molar-refractivity contribution is 5.67. The second-order valence-electron chi connectivity index (χ2n) is 4.76. The summed E-state index contributed by atoms with van der Waals surface area (Å²) < 4.78 is 6.81. The number of rotatable bonds is 4. The van der Waals surface area contributed by atoms with E-state index in [2.05, 4.69) is 15.6 Å². The van der Waals surface area contributed by atoms with Gasteiger partial charge in [0, 0.05) is 12.7 Å². The summed E-state index contributed by atoms with van der Waals surface area (Å²) in [6.07, 6.45) is 2.32. The summed E-state index contributed by atoms with van der Waals surface area (Å²) in [5.41, 5.74) is 0.481. The molecular weight excluding hydrogens is 220 g/mol. The van der Waals surface area contributed by atoms with Crippen LogP contribution in [0.2, 0.25) is 0 Å². The summed E-state index contributed by atoms with van der Waals surface area (Å²) in [6.45, 7) is 8.58. The number of ether oxygens (including phenoxy) is 1. The second kappa shape index (κ2) is 5.65. The quantitative estimate of drug-likeness (QED) is 0.863. The maximum absolute atomic E-state index is 11.3. The van der Waals surface area contributed by atoms with Crippen molar-refractivity contribution in [2.75, 3.05) is 6.54 Å². The second-order valence-corrected chi connectivity index (χ2v) is 4.76. The molecule has 17 heavy (non-hydrogen) atoms. The molecule has 0 saturated carbocycles. The molecule has 1 aromatic rings. The van der Waals surface area contributed by atoms with Crippen molar-refractivity contribution in [3.63, 3.8) is 0 Å². The summed E-state index contributed by atoms with van der Waals surface area (Å²) in [5.74, 6) is 0. The zero-order chi connectivity index (χ0) is 12.9. The van der Waals surface area contributed by atoms with Gasteiger partial charge in [0.05, 0.1) is 12.2 Å². The van der Waals surface area contributed by atoms with Crippen molar-refractivity contribution < 1.29 is 9.53 Å². The summed E-state index contributed by atoms with van der Waals surface area (Å²) in [7, 11) is 0. The summed E-state index contributed by atoms with van der Waals surface area (Å²) >= 11 is 0. The Balaban J connectivity index is 2.26. The third kappa shape index (κ3) is 5.33. The van der Waals surface area contributed by atoms with E-state index in [0.29, 0.717) is 13.1 Å². The van der Waals surface area contributed by atoms with Gasteiger partial charge in [-0.15, -0.1) is 5.10 Å². The van der Waals surface area contributed by atoms with E-state index < -0.39 is 11.7 Å². The predicted octanol–water partition coefficient (Wildman–Crippen LogP) is 1.37. The number of hydrogen-bond donors (Lipinski definition) is 1. The normalized spacial score (nSPS) is 11.3. The van der Waals surface area contributed by atoms with E-state index in [1.807, 2.05) is 33.9 Å². The van der Waals surface area contributed by atoms with E-state index in [4.69, 9.17) is 4.74 Å². The lowest BCUT2D eigenvalue weighted by molar-refractivity contribution is 0.0525. The molecule has 0 aromatic carbocycles. The van der Waals surface area contributed by atoms with Gasteiger partial charge in [0.2, 0.25) is 0 Å². The van der Waals surface area contributed by atoms with Gasteiger partial charge in [-0.2, -0.15) is 0 Å². The molecule has 0 spiro atoms. The van der Waals surface area contributed by atoms with Crippen LogP contribution in [0.4, 0.5) is 4.79 Å². The van der Waals surface area contributed by atoms with Gasteiger partial charge in [-0.05, 0) is 27.2 Å². The fourth-order valence-electron chi connectivity index (χ4n) is 1.20. The van der Waals surface area contributed by atoms with Gasteiger partial charge >= 0.3 is 6.09 Å². The van der Waals surface area contributed by atoms with Crippen LogP contribution in [0.1, 0.15) is 33.4 Å². The average molecular weight is 240 g/mol. The Hall–Kier alpha value is -1.59. The SMILES string of the molecule is CCc1cn(CCNC(=O)OC(C)(C)C)nn1. The number of nitrogens with zero attached hydrogens (tertiary/aromatic N) is 3. The fourth-order valence-corrected chi connectivity index (χ4v) is 1.20. The van der Waals surface area contributed by atoms with E-state index >= 15 is 0 Å². The van der Waals surface area contributed by atoms with E-state index in [9.17, 15) is 4.79 Å². The average Bonchev–Trinajstić information content (AvgIpc) is 2.63. The van der Waals surface area contributed by atoms with Crippen molar-refractivity contribution in [2.24, 2.45) is 0 Å². The molecule has 1 aromatic heterocycles. The number of amides is 1. The Bertz CT molecular complexity index is 368. The molecule has 0 aliphatic rings. The van der Waals surface area contributed by atoms with Gasteiger partial charge in [-0.25, -0.2) is 4.79 Å². The molecule has 1 rings (SSSR count). The smallest absolute Gasteiger partial charge is 0.407 e. The first-order valence-electron chi connectivity index (χ1n) is 5.76. The topological polar surface area (TPSA) is 69.0 Å². The third-order valence-electron chi connectivity index (χ3n) is 1.96. The number of aromatic nitrogens is 3. The van der Waals surface area contributed by atoms with Crippen molar-refractivity contribution in [3.05, 3.63) is 11.9 Å². The van der Waals surface area contributed by atoms with Crippen LogP contribution in [-0.4, -0.2) is 33.2 Å². The molecule has 0 atom stereocenters. The Morgan fingerprint density at radius 3 is 2.76 bits per heavy atom. The highest BCUT2D eigenvalue weighted by Crippen LogP contribution is 2.06. The van der Waals surface area contributed by atoms with Crippen molar-refractivity contribution >= 4 is 6.09 Å². The minimum Gasteiger partial charge on any atom is -0.444 e. The minimum atomic E-state index is -0.466. The van der Waals surface area contributed by atoms with Gasteiger partial charge in [0.25, 0.3) is 0 Å². The Morgan fingerprint density at radius 1 is 1.53 bits per heavy atom. The van der Waals surface area contributed by atoms with Crippen molar-refractivity contribution in [1.29, 1.82) is 0 Å². The third-order valence-corrected chi connectivity index (χ3v) is 1.96. The molecule has 0 aliphatic carbocycles. The lowest BCUT2D eigenvalue weighted by Crippen LogP contribution is -2.34. The summed E-state index contributed by atoms with van der Waals surface area (Å²) in [6, 6.07) is 0. The van der Waals surface area contributed by atoms with Crippen LogP contribution in [0.5, 0.6) is 0 Å². The number of hydrogen-bond acceptors (Lipinski definition) is 4. The molecule has 1 heterocycles. The van der Waals surface area contributed by atoms with E-state index in [-0.39, 0.29) is 0 Å². The van der Waals surface area contributed by atoms with Crippen LogP contribution in [-0.2, 0) is 17.7 Å². The van der Waals surface area contributed by atoms with Crippen molar-refractivity contribution in [3.8, 4) is 0 Å². The Morgan fingerprint density at radius 2 is 2.24 bits per heavy atom. The van der Waals surface area contributed by atoms with Crippen LogP contribution >= 0.6 is 0 Å². The van der Waals surface area contributed by atoms with E-state index in [1.54, 1.807) is 4.68 Å². The monoisotopic (exact) mass is 240 g/mol. The maximum Gasteiger partial charge on any atom is 0.407 e. The number of aryl methyl sites for hydroxylation is 1. The molecule has 6 heteroatoms. The molecule has 0 fully saturated rings. The van der Waals surface area contributed by atoms with Gasteiger partial charge in [-0.1, -0.05) is 12.1 Å². The molecular formula is C11H20N4O2. The van der Waals surface area contributed by atoms with Crippen LogP contribution in [0.25, 0.3) is 0 Å². The minimum absolute atomic E-state index is 0.409.